The van der Waals surface area contributed by atoms with Crippen molar-refractivity contribution in [3.05, 3.63) is 0 Å². The molecular weight excluding hydrogens is 220 g/mol. The van der Waals surface area contributed by atoms with Crippen LogP contribution in [0.5, 0.6) is 0 Å². The van der Waals surface area contributed by atoms with Crippen molar-refractivity contribution in [1.29, 1.82) is 0 Å². The summed E-state index contributed by atoms with van der Waals surface area (Å²) in [6.07, 6.45) is 11.4. The summed E-state index contributed by atoms with van der Waals surface area (Å²) < 4.78 is 0. The zero-order valence-electron chi connectivity index (χ0n) is 12.5. The first kappa shape index (κ1) is 14.3. The van der Waals surface area contributed by atoms with Crippen molar-refractivity contribution in [2.75, 3.05) is 19.6 Å². The highest BCUT2D eigenvalue weighted by Gasteiger charge is 2.32. The molecule has 18 heavy (non-hydrogen) atoms. The molecule has 2 aliphatic rings. The first-order valence-corrected chi connectivity index (χ1v) is 8.32. The fourth-order valence-corrected chi connectivity index (χ4v) is 4.00. The smallest absolute Gasteiger partial charge is 0.0124 e. The molecule has 2 heteroatoms. The summed E-state index contributed by atoms with van der Waals surface area (Å²) in [7, 11) is 0. The van der Waals surface area contributed by atoms with E-state index in [0.29, 0.717) is 0 Å². The highest BCUT2D eigenvalue weighted by atomic mass is 15.2. The monoisotopic (exact) mass is 252 g/mol. The van der Waals surface area contributed by atoms with E-state index in [1.807, 2.05) is 0 Å². The molecule has 2 nitrogen and oxygen atoms in total. The molecule has 1 unspecified atom stereocenters. The molecule has 1 N–H and O–H groups in total. The van der Waals surface area contributed by atoms with Gasteiger partial charge in [-0.05, 0) is 51.0 Å². The van der Waals surface area contributed by atoms with Gasteiger partial charge in [0.15, 0.2) is 0 Å². The normalized spacial score (nSPS) is 26.5. The van der Waals surface area contributed by atoms with Crippen LogP contribution in [-0.4, -0.2) is 36.6 Å². The minimum atomic E-state index is 0.734. The number of hydrogen-bond acceptors (Lipinski definition) is 2. The van der Waals surface area contributed by atoms with Crippen molar-refractivity contribution in [2.24, 2.45) is 5.92 Å². The molecule has 106 valence electrons. The van der Waals surface area contributed by atoms with Gasteiger partial charge in [0.2, 0.25) is 0 Å². The lowest BCUT2D eigenvalue weighted by atomic mass is 9.96. The SMILES string of the molecule is CCC(CC)NCCN1CCCC1C1CCCC1. The third-order valence-corrected chi connectivity index (χ3v) is 5.18. The number of likely N-dealkylation sites (tertiary alicyclic amines) is 1. The average Bonchev–Trinajstić information content (AvgIpc) is 3.04. The molecule has 1 aliphatic carbocycles. The van der Waals surface area contributed by atoms with Crippen LogP contribution in [0.1, 0.15) is 65.2 Å². The molecule has 1 atom stereocenters. The maximum absolute atomic E-state index is 3.72. The van der Waals surface area contributed by atoms with E-state index in [9.17, 15) is 0 Å². The summed E-state index contributed by atoms with van der Waals surface area (Å²) in [5.41, 5.74) is 0. The fourth-order valence-electron chi connectivity index (χ4n) is 4.00. The third kappa shape index (κ3) is 3.71. The summed E-state index contributed by atoms with van der Waals surface area (Å²) in [5, 5.41) is 3.72. The maximum Gasteiger partial charge on any atom is 0.0124 e. The molecule has 0 spiro atoms. The molecule has 0 aromatic rings. The van der Waals surface area contributed by atoms with Gasteiger partial charge in [-0.15, -0.1) is 0 Å². The zero-order chi connectivity index (χ0) is 12.8. The number of rotatable bonds is 7. The van der Waals surface area contributed by atoms with Crippen molar-refractivity contribution in [3.63, 3.8) is 0 Å². The summed E-state index contributed by atoms with van der Waals surface area (Å²) in [6, 6.07) is 1.66. The second kappa shape index (κ2) is 7.49. The van der Waals surface area contributed by atoms with Gasteiger partial charge in [-0.25, -0.2) is 0 Å². The fraction of sp³-hybridized carbons (Fsp3) is 1.00. The minimum Gasteiger partial charge on any atom is -0.313 e. The standard InChI is InChI=1S/C16H32N2/c1-3-15(4-2)17-11-13-18-12-7-10-16(18)14-8-5-6-9-14/h14-17H,3-13H2,1-2H3. The van der Waals surface area contributed by atoms with Gasteiger partial charge in [0.1, 0.15) is 0 Å². The van der Waals surface area contributed by atoms with Gasteiger partial charge < -0.3 is 5.32 Å². The van der Waals surface area contributed by atoms with Crippen LogP contribution in [0.25, 0.3) is 0 Å². The molecule has 1 aliphatic heterocycles. The summed E-state index contributed by atoms with van der Waals surface area (Å²) >= 11 is 0. The van der Waals surface area contributed by atoms with Crippen LogP contribution in [0.15, 0.2) is 0 Å². The van der Waals surface area contributed by atoms with Crippen molar-refractivity contribution in [2.45, 2.75) is 77.3 Å². The van der Waals surface area contributed by atoms with Gasteiger partial charge in [-0.1, -0.05) is 26.7 Å². The largest absolute Gasteiger partial charge is 0.313 e. The maximum atomic E-state index is 3.72. The molecule has 2 fully saturated rings. The molecule has 2 rings (SSSR count). The van der Waals surface area contributed by atoms with E-state index in [4.69, 9.17) is 0 Å². The molecule has 0 aromatic carbocycles. The van der Waals surface area contributed by atoms with Crippen LogP contribution in [0.4, 0.5) is 0 Å². The highest BCUT2D eigenvalue weighted by Crippen LogP contribution is 2.35. The van der Waals surface area contributed by atoms with Crippen LogP contribution in [0, 0.1) is 5.92 Å². The second-order valence-corrected chi connectivity index (χ2v) is 6.26. The van der Waals surface area contributed by atoms with Crippen molar-refractivity contribution < 1.29 is 0 Å². The molecule has 1 saturated carbocycles. The molecule has 1 heterocycles. The number of hydrogen-bond donors (Lipinski definition) is 1. The van der Waals surface area contributed by atoms with Gasteiger partial charge in [-0.3, -0.25) is 4.90 Å². The van der Waals surface area contributed by atoms with Crippen LogP contribution >= 0.6 is 0 Å². The van der Waals surface area contributed by atoms with Crippen molar-refractivity contribution >= 4 is 0 Å². The van der Waals surface area contributed by atoms with Gasteiger partial charge in [0.05, 0.1) is 0 Å². The predicted octanol–water partition coefficient (Wildman–Crippen LogP) is 3.42. The molecule has 0 bridgehead atoms. The van der Waals surface area contributed by atoms with Crippen LogP contribution in [0.3, 0.4) is 0 Å². The van der Waals surface area contributed by atoms with E-state index in [0.717, 1.165) is 18.0 Å². The Hall–Kier alpha value is -0.0800. The van der Waals surface area contributed by atoms with Crippen molar-refractivity contribution in [3.8, 4) is 0 Å². The third-order valence-electron chi connectivity index (χ3n) is 5.18. The molecule has 0 radical (unpaired) electrons. The van der Waals surface area contributed by atoms with Crippen LogP contribution < -0.4 is 5.32 Å². The number of nitrogens with one attached hydrogen (secondary N) is 1. The van der Waals surface area contributed by atoms with E-state index < -0.39 is 0 Å². The first-order chi connectivity index (χ1) is 8.85. The quantitative estimate of drug-likeness (QED) is 0.747. The lowest BCUT2D eigenvalue weighted by Crippen LogP contribution is -2.41. The van der Waals surface area contributed by atoms with Gasteiger partial charge in [0.25, 0.3) is 0 Å². The van der Waals surface area contributed by atoms with E-state index in [1.54, 1.807) is 0 Å². The Morgan fingerprint density at radius 2 is 1.78 bits per heavy atom. The van der Waals surface area contributed by atoms with E-state index in [-0.39, 0.29) is 0 Å². The Morgan fingerprint density at radius 3 is 2.44 bits per heavy atom. The zero-order valence-corrected chi connectivity index (χ0v) is 12.5. The summed E-state index contributed by atoms with van der Waals surface area (Å²) in [5.74, 6) is 1.03. The Kier molecular flexibility index (Phi) is 5.97. The highest BCUT2D eigenvalue weighted by molar-refractivity contribution is 4.87. The average molecular weight is 252 g/mol. The Morgan fingerprint density at radius 1 is 1.06 bits per heavy atom. The molecule has 0 aromatic heterocycles. The van der Waals surface area contributed by atoms with Crippen molar-refractivity contribution in [1.82, 2.24) is 10.2 Å². The lowest BCUT2D eigenvalue weighted by Gasteiger charge is -2.30. The van der Waals surface area contributed by atoms with E-state index in [2.05, 4.69) is 24.1 Å². The van der Waals surface area contributed by atoms with Gasteiger partial charge >= 0.3 is 0 Å². The summed E-state index contributed by atoms with van der Waals surface area (Å²) in [4.78, 5) is 2.78. The van der Waals surface area contributed by atoms with Gasteiger partial charge in [-0.2, -0.15) is 0 Å². The second-order valence-electron chi connectivity index (χ2n) is 6.26. The summed E-state index contributed by atoms with van der Waals surface area (Å²) in [6.45, 7) is 8.40. The van der Waals surface area contributed by atoms with Crippen LogP contribution in [0.2, 0.25) is 0 Å². The Labute approximate surface area is 114 Å². The minimum absolute atomic E-state index is 0.734. The topological polar surface area (TPSA) is 15.3 Å². The first-order valence-electron chi connectivity index (χ1n) is 8.32. The molecule has 0 amide bonds. The predicted molar refractivity (Wildman–Crippen MR) is 78.9 cm³/mol. The van der Waals surface area contributed by atoms with E-state index in [1.165, 1.54) is 71.0 Å². The lowest BCUT2D eigenvalue weighted by molar-refractivity contribution is 0.189. The van der Waals surface area contributed by atoms with E-state index >= 15 is 0 Å². The van der Waals surface area contributed by atoms with Crippen LogP contribution in [-0.2, 0) is 0 Å². The van der Waals surface area contributed by atoms with Gasteiger partial charge in [0, 0.05) is 25.2 Å². The Bertz CT molecular complexity index is 219. The number of nitrogens with zero attached hydrogens (tertiary/aromatic N) is 1. The molecular formula is C16H32N2. The molecule has 1 saturated heterocycles. The Balaban J connectivity index is 1.70.